The monoisotopic (exact) mass is 332 g/mol. The Balaban J connectivity index is 2.06. The fourth-order valence-electron chi connectivity index (χ4n) is 2.86. The molecule has 2 unspecified atom stereocenters. The quantitative estimate of drug-likeness (QED) is 0.517. The molecule has 2 rings (SSSR count). The zero-order valence-electron chi connectivity index (χ0n) is 12.6. The second-order valence-electron chi connectivity index (χ2n) is 5.71. The maximum Gasteiger partial charge on any atom is 0.0214 e. The van der Waals surface area contributed by atoms with Gasteiger partial charge >= 0.3 is 0 Å². The molecule has 0 spiro atoms. The topological polar surface area (TPSA) is 0 Å². The van der Waals surface area contributed by atoms with Crippen LogP contribution in [-0.4, -0.2) is 4.83 Å². The Labute approximate surface area is 131 Å². The van der Waals surface area contributed by atoms with Gasteiger partial charge in [0.25, 0.3) is 0 Å². The van der Waals surface area contributed by atoms with Crippen molar-refractivity contribution in [3.63, 3.8) is 0 Å². The van der Waals surface area contributed by atoms with Crippen LogP contribution in [-0.2, 0) is 6.42 Å². The third kappa shape index (κ3) is 4.09. The van der Waals surface area contributed by atoms with Crippen LogP contribution < -0.4 is 0 Å². The lowest BCUT2D eigenvalue weighted by atomic mass is 9.91. The Morgan fingerprint density at radius 1 is 1.00 bits per heavy atom. The second kappa shape index (κ2) is 7.83. The van der Waals surface area contributed by atoms with Gasteiger partial charge in [-0.1, -0.05) is 91.5 Å². The molecule has 0 aliphatic heterocycles. The van der Waals surface area contributed by atoms with Crippen molar-refractivity contribution >= 4 is 26.7 Å². The first kappa shape index (κ1) is 15.6. The van der Waals surface area contributed by atoms with Gasteiger partial charge in [-0.2, -0.15) is 0 Å². The molecule has 0 bridgehead atoms. The summed E-state index contributed by atoms with van der Waals surface area (Å²) in [4.78, 5) is 0.597. The molecule has 0 aliphatic rings. The van der Waals surface area contributed by atoms with Crippen molar-refractivity contribution in [2.24, 2.45) is 5.92 Å². The average Bonchev–Trinajstić information content (AvgIpc) is 2.48. The lowest BCUT2D eigenvalue weighted by molar-refractivity contribution is 0.437. The highest BCUT2D eigenvalue weighted by Gasteiger charge is 2.17. The summed E-state index contributed by atoms with van der Waals surface area (Å²) in [5.41, 5.74) is 1.44. The Morgan fingerprint density at radius 3 is 2.45 bits per heavy atom. The van der Waals surface area contributed by atoms with Crippen LogP contribution in [0.3, 0.4) is 0 Å². The molecule has 0 fully saturated rings. The molecule has 0 saturated heterocycles. The number of benzene rings is 2. The highest BCUT2D eigenvalue weighted by atomic mass is 79.9. The molecular formula is C19H25Br. The van der Waals surface area contributed by atoms with Gasteiger partial charge in [0.15, 0.2) is 0 Å². The van der Waals surface area contributed by atoms with Gasteiger partial charge in [0.05, 0.1) is 0 Å². The highest BCUT2D eigenvalue weighted by molar-refractivity contribution is 9.09. The van der Waals surface area contributed by atoms with E-state index in [0.29, 0.717) is 4.83 Å². The largest absolute Gasteiger partial charge is 0.0884 e. The van der Waals surface area contributed by atoms with E-state index in [1.54, 1.807) is 0 Å². The lowest BCUT2D eigenvalue weighted by Crippen LogP contribution is -2.16. The van der Waals surface area contributed by atoms with E-state index >= 15 is 0 Å². The van der Waals surface area contributed by atoms with E-state index in [1.165, 1.54) is 42.0 Å². The number of halogens is 1. The zero-order chi connectivity index (χ0) is 14.4. The molecule has 0 saturated carbocycles. The molecule has 0 amide bonds. The van der Waals surface area contributed by atoms with Gasteiger partial charge in [-0.15, -0.1) is 0 Å². The Kier molecular flexibility index (Phi) is 6.09. The normalized spacial score (nSPS) is 14.3. The molecule has 1 heteroatoms. The molecule has 0 aromatic heterocycles. The smallest absolute Gasteiger partial charge is 0.0214 e. The summed E-state index contributed by atoms with van der Waals surface area (Å²) in [5, 5.41) is 2.69. The van der Waals surface area contributed by atoms with Crippen molar-refractivity contribution in [3.05, 3.63) is 48.0 Å². The van der Waals surface area contributed by atoms with Crippen LogP contribution in [0.1, 0.15) is 45.1 Å². The first-order chi connectivity index (χ1) is 9.74. The van der Waals surface area contributed by atoms with E-state index in [9.17, 15) is 0 Å². The highest BCUT2D eigenvalue weighted by Crippen LogP contribution is 2.27. The molecule has 0 N–H and O–H groups in total. The average molecular weight is 333 g/mol. The summed E-state index contributed by atoms with van der Waals surface area (Å²) in [5.74, 6) is 0.793. The molecule has 0 nitrogen and oxygen atoms in total. The van der Waals surface area contributed by atoms with Gasteiger partial charge in [-0.05, 0) is 35.1 Å². The number of unbranched alkanes of at least 4 members (excludes halogenated alkanes) is 1. The van der Waals surface area contributed by atoms with E-state index in [-0.39, 0.29) is 0 Å². The minimum atomic E-state index is 0.597. The van der Waals surface area contributed by atoms with Crippen LogP contribution >= 0.6 is 15.9 Å². The molecule has 0 aliphatic carbocycles. The summed E-state index contributed by atoms with van der Waals surface area (Å²) >= 11 is 3.94. The van der Waals surface area contributed by atoms with E-state index in [4.69, 9.17) is 0 Å². The maximum atomic E-state index is 3.94. The summed E-state index contributed by atoms with van der Waals surface area (Å²) in [6, 6.07) is 15.5. The first-order valence-corrected chi connectivity index (χ1v) is 8.78. The van der Waals surface area contributed by atoms with Gasteiger partial charge in [0.1, 0.15) is 0 Å². The number of alkyl halides is 1. The van der Waals surface area contributed by atoms with Crippen molar-refractivity contribution in [2.45, 2.75) is 50.8 Å². The molecule has 2 aromatic carbocycles. The van der Waals surface area contributed by atoms with Crippen LogP contribution in [0, 0.1) is 5.92 Å². The first-order valence-electron chi connectivity index (χ1n) is 7.86. The van der Waals surface area contributed by atoms with Crippen molar-refractivity contribution < 1.29 is 0 Å². The van der Waals surface area contributed by atoms with Gasteiger partial charge in [-0.3, -0.25) is 0 Å². The molecule has 2 atom stereocenters. The fraction of sp³-hybridized carbons (Fsp3) is 0.474. The number of hydrogen-bond donors (Lipinski definition) is 0. The number of hydrogen-bond acceptors (Lipinski definition) is 0. The Hall–Kier alpha value is -0.820. The molecule has 0 radical (unpaired) electrons. The molecule has 2 aromatic rings. The lowest BCUT2D eigenvalue weighted by Gasteiger charge is -2.21. The summed E-state index contributed by atoms with van der Waals surface area (Å²) in [7, 11) is 0. The molecule has 0 heterocycles. The van der Waals surface area contributed by atoms with Gasteiger partial charge in [0, 0.05) is 4.83 Å². The Bertz CT molecular complexity index is 532. The van der Waals surface area contributed by atoms with Crippen LogP contribution in [0.15, 0.2) is 42.5 Å². The summed E-state index contributed by atoms with van der Waals surface area (Å²) in [6.07, 6.45) is 6.39. The van der Waals surface area contributed by atoms with Crippen molar-refractivity contribution in [2.75, 3.05) is 0 Å². The van der Waals surface area contributed by atoms with Gasteiger partial charge < -0.3 is 0 Å². The molecular weight excluding hydrogens is 308 g/mol. The SMILES string of the molecule is CCCCC(CC)C(Br)Cc1ccc2ccccc2c1. The Morgan fingerprint density at radius 2 is 1.75 bits per heavy atom. The van der Waals surface area contributed by atoms with E-state index in [2.05, 4.69) is 72.2 Å². The maximum absolute atomic E-state index is 3.94. The zero-order valence-corrected chi connectivity index (χ0v) is 14.2. The molecule has 20 heavy (non-hydrogen) atoms. The summed E-state index contributed by atoms with van der Waals surface area (Å²) < 4.78 is 0. The minimum absolute atomic E-state index is 0.597. The fourth-order valence-corrected chi connectivity index (χ4v) is 3.88. The number of fused-ring (bicyclic) bond motifs is 1. The van der Waals surface area contributed by atoms with E-state index < -0.39 is 0 Å². The van der Waals surface area contributed by atoms with Crippen molar-refractivity contribution in [3.8, 4) is 0 Å². The molecule has 108 valence electrons. The van der Waals surface area contributed by atoms with Crippen molar-refractivity contribution in [1.29, 1.82) is 0 Å². The van der Waals surface area contributed by atoms with Gasteiger partial charge in [-0.25, -0.2) is 0 Å². The van der Waals surface area contributed by atoms with Gasteiger partial charge in [0.2, 0.25) is 0 Å². The summed E-state index contributed by atoms with van der Waals surface area (Å²) in [6.45, 7) is 4.59. The van der Waals surface area contributed by atoms with E-state index in [1.807, 2.05) is 0 Å². The number of rotatable bonds is 7. The van der Waals surface area contributed by atoms with Crippen LogP contribution in [0.5, 0.6) is 0 Å². The minimum Gasteiger partial charge on any atom is -0.0884 e. The predicted octanol–water partition coefficient (Wildman–Crippen LogP) is 6.36. The third-order valence-electron chi connectivity index (χ3n) is 4.21. The third-order valence-corrected chi connectivity index (χ3v) is 5.28. The predicted molar refractivity (Wildman–Crippen MR) is 93.7 cm³/mol. The van der Waals surface area contributed by atoms with Crippen LogP contribution in [0.4, 0.5) is 0 Å². The van der Waals surface area contributed by atoms with E-state index in [0.717, 1.165) is 12.3 Å². The van der Waals surface area contributed by atoms with Crippen LogP contribution in [0.25, 0.3) is 10.8 Å². The van der Waals surface area contributed by atoms with Crippen LogP contribution in [0.2, 0.25) is 0 Å². The second-order valence-corrected chi connectivity index (χ2v) is 6.89. The van der Waals surface area contributed by atoms with Crippen molar-refractivity contribution in [1.82, 2.24) is 0 Å². The standard InChI is InChI=1S/C19H25Br/c1-3-5-8-16(4-2)19(20)14-15-11-12-17-9-6-7-10-18(17)13-15/h6-7,9-13,16,19H,3-5,8,14H2,1-2H3.